The van der Waals surface area contributed by atoms with E-state index >= 15 is 0 Å². The normalized spacial score (nSPS) is 22.2. The van der Waals surface area contributed by atoms with Crippen molar-refractivity contribution in [3.8, 4) is 0 Å². The highest BCUT2D eigenvalue weighted by atomic mass is 16.6. The van der Waals surface area contributed by atoms with Gasteiger partial charge in [-0.3, -0.25) is 4.79 Å². The van der Waals surface area contributed by atoms with Gasteiger partial charge in [-0.1, -0.05) is 30.3 Å². The van der Waals surface area contributed by atoms with Crippen LogP contribution in [0.5, 0.6) is 0 Å². The van der Waals surface area contributed by atoms with Gasteiger partial charge in [0.2, 0.25) is 0 Å². The zero-order chi connectivity index (χ0) is 29.9. The number of nitrogens with one attached hydrogen (secondary N) is 3. The van der Waals surface area contributed by atoms with Crippen LogP contribution in [0.1, 0.15) is 85.6 Å². The molecular weight excluding hydrogens is 518 g/mol. The molecule has 0 radical (unpaired) electrons. The van der Waals surface area contributed by atoms with Gasteiger partial charge >= 0.3 is 24.2 Å². The molecule has 0 saturated heterocycles. The SMILES string of the molecule is CC(C)(C)OC(=O)N[C@H]1CC[C@@H](C(=O)O)C1.CC(C)(C)OC(=O)N[C@H]1CC[C@@H](NC(=O)OCc2ccccc2)C1. The van der Waals surface area contributed by atoms with E-state index in [2.05, 4.69) is 16.0 Å². The maximum Gasteiger partial charge on any atom is 0.407 e. The Bertz CT molecular complexity index is 987. The summed E-state index contributed by atoms with van der Waals surface area (Å²) in [5.74, 6) is -1.12. The minimum atomic E-state index is -0.784. The van der Waals surface area contributed by atoms with Gasteiger partial charge in [-0.05, 0) is 85.6 Å². The van der Waals surface area contributed by atoms with Crippen molar-refractivity contribution in [1.29, 1.82) is 0 Å². The number of alkyl carbamates (subject to hydrolysis) is 3. The van der Waals surface area contributed by atoms with Gasteiger partial charge in [0.15, 0.2) is 0 Å². The van der Waals surface area contributed by atoms with Crippen molar-refractivity contribution in [2.45, 2.75) is 116 Å². The van der Waals surface area contributed by atoms with E-state index in [0.29, 0.717) is 25.7 Å². The van der Waals surface area contributed by atoms with Gasteiger partial charge in [0.05, 0.1) is 5.92 Å². The van der Waals surface area contributed by atoms with E-state index in [4.69, 9.17) is 19.3 Å². The van der Waals surface area contributed by atoms with Crippen molar-refractivity contribution in [2.24, 2.45) is 5.92 Å². The first-order chi connectivity index (χ1) is 18.6. The van der Waals surface area contributed by atoms with E-state index in [1.165, 1.54) is 0 Å². The molecule has 1 aromatic rings. The van der Waals surface area contributed by atoms with Crippen LogP contribution in [0.2, 0.25) is 0 Å². The standard InChI is InChI=1S/C18H26N2O4.C11H19NO4/c1-18(2,3)24-17(22)20-15-10-9-14(11-15)19-16(21)23-12-13-7-5-4-6-8-13;1-11(2,3)16-10(15)12-8-5-4-7(6-8)9(13)14/h4-8,14-15H,9-12H2,1-3H3,(H,19,21)(H,20,22);7-8H,4-6H2,1-3H3,(H,12,15)(H,13,14)/t14-,15+;7-,8+/m11/s1. The van der Waals surface area contributed by atoms with Crippen LogP contribution < -0.4 is 16.0 Å². The van der Waals surface area contributed by atoms with Gasteiger partial charge in [0.25, 0.3) is 0 Å². The Kier molecular flexibility index (Phi) is 12.1. The predicted molar refractivity (Wildman–Crippen MR) is 149 cm³/mol. The quantitative estimate of drug-likeness (QED) is 0.348. The molecule has 2 aliphatic rings. The number of benzene rings is 1. The first kappa shape index (κ1) is 32.7. The van der Waals surface area contributed by atoms with Crippen LogP contribution in [0.25, 0.3) is 0 Å². The highest BCUT2D eigenvalue weighted by Crippen LogP contribution is 2.26. The molecule has 0 spiro atoms. The fourth-order valence-electron chi connectivity index (χ4n) is 4.46. The minimum Gasteiger partial charge on any atom is -0.481 e. The average molecular weight is 564 g/mol. The monoisotopic (exact) mass is 563 g/mol. The number of aliphatic carboxylic acids is 1. The second-order valence-corrected chi connectivity index (χ2v) is 12.3. The second-order valence-electron chi connectivity index (χ2n) is 12.3. The Morgan fingerprint density at radius 1 is 0.725 bits per heavy atom. The predicted octanol–water partition coefficient (Wildman–Crippen LogP) is 5.12. The summed E-state index contributed by atoms with van der Waals surface area (Å²) in [6, 6.07) is 9.48. The summed E-state index contributed by atoms with van der Waals surface area (Å²) in [5, 5.41) is 17.2. The first-order valence-electron chi connectivity index (χ1n) is 13.8. The van der Waals surface area contributed by atoms with Gasteiger partial charge in [0.1, 0.15) is 17.8 Å². The summed E-state index contributed by atoms with van der Waals surface area (Å²) in [7, 11) is 0. The molecule has 11 heteroatoms. The van der Waals surface area contributed by atoms with Crippen LogP contribution in [0.3, 0.4) is 0 Å². The summed E-state index contributed by atoms with van der Waals surface area (Å²) >= 11 is 0. The lowest BCUT2D eigenvalue weighted by molar-refractivity contribution is -0.141. The Hall–Kier alpha value is -3.50. The van der Waals surface area contributed by atoms with Crippen LogP contribution in [0.15, 0.2) is 30.3 Å². The van der Waals surface area contributed by atoms with Crippen molar-refractivity contribution >= 4 is 24.2 Å². The molecule has 0 heterocycles. The molecule has 4 N–H and O–H groups in total. The molecule has 4 atom stereocenters. The van der Waals surface area contributed by atoms with Gasteiger partial charge in [-0.25, -0.2) is 14.4 Å². The average Bonchev–Trinajstić information content (AvgIpc) is 3.46. The topological polar surface area (TPSA) is 152 Å². The fraction of sp³-hybridized carbons (Fsp3) is 0.655. The van der Waals surface area contributed by atoms with E-state index in [1.807, 2.05) is 51.1 Å². The van der Waals surface area contributed by atoms with E-state index in [9.17, 15) is 19.2 Å². The van der Waals surface area contributed by atoms with Crippen molar-refractivity contribution in [3.05, 3.63) is 35.9 Å². The maximum atomic E-state index is 11.8. The zero-order valence-corrected chi connectivity index (χ0v) is 24.5. The molecule has 40 heavy (non-hydrogen) atoms. The molecule has 2 saturated carbocycles. The van der Waals surface area contributed by atoms with Crippen LogP contribution in [0, 0.1) is 5.92 Å². The fourth-order valence-corrected chi connectivity index (χ4v) is 4.46. The van der Waals surface area contributed by atoms with Crippen molar-refractivity contribution in [2.75, 3.05) is 0 Å². The molecule has 3 rings (SSSR count). The van der Waals surface area contributed by atoms with Crippen LogP contribution in [-0.4, -0.2) is 58.7 Å². The van der Waals surface area contributed by atoms with Crippen molar-refractivity contribution in [1.82, 2.24) is 16.0 Å². The molecule has 224 valence electrons. The van der Waals surface area contributed by atoms with Crippen LogP contribution >= 0.6 is 0 Å². The number of carbonyl (C=O) groups excluding carboxylic acids is 3. The number of carboxylic acids is 1. The summed E-state index contributed by atoms with van der Waals surface area (Å²) in [5.41, 5.74) is -0.0836. The number of carboxylic acid groups (broad SMARTS) is 1. The summed E-state index contributed by atoms with van der Waals surface area (Å²) in [6.45, 7) is 11.1. The van der Waals surface area contributed by atoms with Gasteiger partial charge < -0.3 is 35.3 Å². The lowest BCUT2D eigenvalue weighted by Crippen LogP contribution is -2.39. The molecule has 1 aromatic carbocycles. The largest absolute Gasteiger partial charge is 0.481 e. The Labute approximate surface area is 236 Å². The van der Waals surface area contributed by atoms with E-state index in [-0.39, 0.29) is 30.7 Å². The Morgan fingerprint density at radius 3 is 1.62 bits per heavy atom. The number of ether oxygens (including phenoxy) is 3. The first-order valence-corrected chi connectivity index (χ1v) is 13.8. The van der Waals surface area contributed by atoms with Crippen molar-refractivity contribution in [3.63, 3.8) is 0 Å². The molecule has 0 unspecified atom stereocenters. The smallest absolute Gasteiger partial charge is 0.407 e. The lowest BCUT2D eigenvalue weighted by atomic mass is 10.1. The number of hydrogen-bond acceptors (Lipinski definition) is 7. The molecule has 3 amide bonds. The number of rotatable bonds is 6. The molecule has 2 fully saturated rings. The third-order valence-corrected chi connectivity index (χ3v) is 6.19. The third kappa shape index (κ3) is 13.5. The number of hydrogen-bond donors (Lipinski definition) is 4. The second kappa shape index (κ2) is 14.8. The molecule has 0 aliphatic heterocycles. The highest BCUT2D eigenvalue weighted by molar-refractivity contribution is 5.71. The van der Waals surface area contributed by atoms with Crippen LogP contribution in [-0.2, 0) is 25.6 Å². The molecule has 0 bridgehead atoms. The Morgan fingerprint density at radius 2 is 1.18 bits per heavy atom. The molecule has 0 aromatic heterocycles. The third-order valence-electron chi connectivity index (χ3n) is 6.19. The van der Waals surface area contributed by atoms with E-state index in [0.717, 1.165) is 18.4 Å². The van der Waals surface area contributed by atoms with Gasteiger partial charge in [-0.15, -0.1) is 0 Å². The Balaban J connectivity index is 0.000000305. The lowest BCUT2D eigenvalue weighted by Gasteiger charge is -2.21. The van der Waals surface area contributed by atoms with Gasteiger partial charge in [-0.2, -0.15) is 0 Å². The van der Waals surface area contributed by atoms with E-state index < -0.39 is 35.5 Å². The molecular formula is C29H45N3O8. The van der Waals surface area contributed by atoms with E-state index in [1.54, 1.807) is 20.8 Å². The summed E-state index contributed by atoms with van der Waals surface area (Å²) in [4.78, 5) is 45.7. The number of amides is 3. The summed E-state index contributed by atoms with van der Waals surface area (Å²) < 4.78 is 15.5. The number of carbonyl (C=O) groups is 4. The van der Waals surface area contributed by atoms with Crippen molar-refractivity contribution < 1.29 is 38.5 Å². The minimum absolute atomic E-state index is 0.00760. The zero-order valence-electron chi connectivity index (χ0n) is 24.5. The maximum absolute atomic E-state index is 11.8. The molecule has 2 aliphatic carbocycles. The van der Waals surface area contributed by atoms with Gasteiger partial charge in [0, 0.05) is 18.1 Å². The molecule has 11 nitrogen and oxygen atoms in total. The highest BCUT2D eigenvalue weighted by Gasteiger charge is 2.32. The summed E-state index contributed by atoms with van der Waals surface area (Å²) in [6.07, 6.45) is 2.80. The van der Waals surface area contributed by atoms with Crippen LogP contribution in [0.4, 0.5) is 14.4 Å².